The topological polar surface area (TPSA) is 257 Å². The van der Waals surface area contributed by atoms with Crippen molar-refractivity contribution in [3.8, 4) is 5.75 Å². The summed E-state index contributed by atoms with van der Waals surface area (Å²) in [5.74, 6) is -5.50. The predicted molar refractivity (Wildman–Crippen MR) is 288 cm³/mol. The Kier molecular flexibility index (Phi) is 20.6. The molecule has 430 valence electrons. The van der Waals surface area contributed by atoms with Gasteiger partial charge in [-0.3, -0.25) is 33.6 Å². The summed E-state index contributed by atoms with van der Waals surface area (Å²) in [6.45, 7) is 7.17. The SMILES string of the molecule is Cc1cc(O)cc(C)c1C[C@H](N)C(=O)N[C@@H](C)C(=O)NCC(=O)N[C@@H](Cc1ccc(Br)cc1)C(=O)N1CCC[C@H]1C(=O)N[C@@H](CC(C)C)C(=O)N[C@@H](Cc1c[nH]c2ccccc12)C(=O)NCc1cc(C(F)(F)F)cc(C(F)(F)F)c1. The van der Waals surface area contributed by atoms with Crippen LogP contribution in [0.25, 0.3) is 10.9 Å². The lowest BCUT2D eigenvalue weighted by Gasteiger charge is -2.30. The number of hydrogen-bond acceptors (Lipinski definition) is 9. The molecule has 1 fully saturated rings. The first-order chi connectivity index (χ1) is 37.6. The number of benzene rings is 4. The van der Waals surface area contributed by atoms with E-state index in [4.69, 9.17) is 5.73 Å². The molecule has 1 saturated heterocycles. The summed E-state index contributed by atoms with van der Waals surface area (Å²) >= 11 is 3.38. The molecule has 4 aromatic carbocycles. The second-order valence-electron chi connectivity index (χ2n) is 20.4. The number of aromatic amines is 1. The minimum Gasteiger partial charge on any atom is -0.508 e. The number of carbonyl (C=O) groups is 7. The lowest BCUT2D eigenvalue weighted by molar-refractivity contribution is -0.143. The first kappa shape index (κ1) is 61.7. The van der Waals surface area contributed by atoms with Crippen molar-refractivity contribution < 1.29 is 65.0 Å². The minimum absolute atomic E-state index is 0.0202. The van der Waals surface area contributed by atoms with E-state index in [1.165, 1.54) is 11.8 Å². The zero-order chi connectivity index (χ0) is 58.8. The standard InChI is InChI=1S/C56H64BrF6N9O8/c1-29(2)17-44(52(78)70-45(23-35-27-65-43-10-7-6-9-40(35)43)51(77)66-26-34-20-36(55(58,59)60)24-37(21-34)56(61,62)63)71-53(79)47-11-8-16-72(47)54(80)46(22-33-12-14-38(57)15-13-33)69-48(74)28-67-49(75)32(5)68-50(76)42(64)25-41-30(3)18-39(73)19-31(41)4/h6-7,9-10,12-15,18-21,24,27,29,32,42,44-47,65,73H,8,11,16-17,22-23,25-26,28,64H2,1-5H3,(H,66,77)(H,67,75)(H,68,76)(H,69,74)(H,70,78)(H,71,79)/t32-,42-,44-,45-,46-,47-/m0/s1. The van der Waals surface area contributed by atoms with Crippen LogP contribution in [0.15, 0.2) is 89.5 Å². The number of nitrogens with two attached hydrogens (primary N) is 1. The zero-order valence-electron chi connectivity index (χ0n) is 44.5. The number of rotatable bonds is 22. The van der Waals surface area contributed by atoms with Crippen molar-refractivity contribution in [2.24, 2.45) is 11.7 Å². The van der Waals surface area contributed by atoms with Crippen LogP contribution in [0.4, 0.5) is 26.3 Å². The van der Waals surface area contributed by atoms with Crippen LogP contribution < -0.4 is 37.6 Å². The van der Waals surface area contributed by atoms with Gasteiger partial charge < -0.3 is 52.6 Å². The number of fused-ring (bicyclic) bond motifs is 1. The number of carbonyl (C=O) groups excluding carboxylic acids is 7. The number of H-pyrrole nitrogens is 1. The summed E-state index contributed by atoms with van der Waals surface area (Å²) in [4.78, 5) is 101. The van der Waals surface area contributed by atoms with Gasteiger partial charge in [0.2, 0.25) is 41.4 Å². The number of likely N-dealkylation sites (tertiary alicyclic amines) is 1. The van der Waals surface area contributed by atoms with E-state index in [0.717, 1.165) is 21.2 Å². The molecule has 17 nitrogen and oxygen atoms in total. The van der Waals surface area contributed by atoms with Gasteiger partial charge in [-0.1, -0.05) is 60.1 Å². The summed E-state index contributed by atoms with van der Waals surface area (Å²) in [5, 5.41) is 26.0. The molecule has 1 aromatic heterocycles. The Morgan fingerprint density at radius 2 is 1.36 bits per heavy atom. The second-order valence-corrected chi connectivity index (χ2v) is 21.3. The van der Waals surface area contributed by atoms with Gasteiger partial charge in [0.05, 0.1) is 23.7 Å². The molecule has 5 aromatic rings. The number of phenols is 1. The fraction of sp³-hybridized carbons (Fsp3) is 0.411. The normalized spacial score (nSPS) is 15.6. The van der Waals surface area contributed by atoms with Gasteiger partial charge in [-0.15, -0.1) is 0 Å². The van der Waals surface area contributed by atoms with Crippen molar-refractivity contribution in [1.29, 1.82) is 0 Å². The Balaban J connectivity index is 1.15. The molecule has 0 radical (unpaired) electrons. The third kappa shape index (κ3) is 16.8. The van der Waals surface area contributed by atoms with Crippen LogP contribution in [-0.2, 0) is 71.7 Å². The number of aryl methyl sites for hydroxylation is 2. The van der Waals surface area contributed by atoms with E-state index in [1.54, 1.807) is 94.6 Å². The van der Waals surface area contributed by atoms with Gasteiger partial charge >= 0.3 is 12.4 Å². The van der Waals surface area contributed by atoms with Crippen LogP contribution in [0.3, 0.4) is 0 Å². The number of phenolic OH excluding ortho intramolecular Hbond substituents is 1. The highest BCUT2D eigenvalue weighted by Crippen LogP contribution is 2.36. The first-order valence-electron chi connectivity index (χ1n) is 25.8. The van der Waals surface area contributed by atoms with Gasteiger partial charge in [0.1, 0.15) is 36.0 Å². The Hall–Kier alpha value is -7.47. The minimum atomic E-state index is -5.14. The third-order valence-corrected chi connectivity index (χ3v) is 14.2. The van der Waals surface area contributed by atoms with Crippen LogP contribution in [0, 0.1) is 19.8 Å². The summed E-state index contributed by atoms with van der Waals surface area (Å²) in [5.41, 5.74) is 6.58. The molecule has 7 amide bonds. The van der Waals surface area contributed by atoms with Crippen LogP contribution in [0.2, 0.25) is 0 Å². The molecule has 1 aliphatic heterocycles. The Morgan fingerprint density at radius 1 is 0.725 bits per heavy atom. The maximum absolute atomic E-state index is 14.6. The number of nitrogens with zero attached hydrogens (tertiary/aromatic N) is 1. The van der Waals surface area contributed by atoms with E-state index in [0.29, 0.717) is 40.6 Å². The molecule has 6 rings (SSSR count). The second kappa shape index (κ2) is 26.7. The van der Waals surface area contributed by atoms with Crippen molar-refractivity contribution in [3.05, 3.63) is 134 Å². The lowest BCUT2D eigenvalue weighted by Crippen LogP contribution is -2.59. The largest absolute Gasteiger partial charge is 0.508 e. The molecule has 10 N–H and O–H groups in total. The van der Waals surface area contributed by atoms with Gasteiger partial charge in [0.25, 0.3) is 0 Å². The monoisotopic (exact) mass is 1180 g/mol. The molecule has 80 heavy (non-hydrogen) atoms. The molecule has 6 atom stereocenters. The number of hydrogen-bond donors (Lipinski definition) is 9. The number of aromatic hydroxyl groups is 1. The molecule has 24 heteroatoms. The van der Waals surface area contributed by atoms with Crippen molar-refractivity contribution in [1.82, 2.24) is 41.8 Å². The van der Waals surface area contributed by atoms with Gasteiger partial charge in [-0.25, -0.2) is 0 Å². The fourth-order valence-electron chi connectivity index (χ4n) is 9.52. The number of aromatic nitrogens is 1. The smallest absolute Gasteiger partial charge is 0.416 e. The molecule has 0 aliphatic carbocycles. The maximum atomic E-state index is 14.6. The van der Waals surface area contributed by atoms with E-state index in [2.05, 4.69) is 52.8 Å². The number of amides is 7. The van der Waals surface area contributed by atoms with E-state index in [9.17, 15) is 65.0 Å². The quantitative estimate of drug-likeness (QED) is 0.0364. The predicted octanol–water partition coefficient (Wildman–Crippen LogP) is 6.07. The number of nitrogens with one attached hydrogen (secondary N) is 7. The highest BCUT2D eigenvalue weighted by Gasteiger charge is 2.41. The molecular formula is C56H64BrF6N9O8. The van der Waals surface area contributed by atoms with E-state index in [1.807, 2.05) is 0 Å². The van der Waals surface area contributed by atoms with E-state index >= 15 is 0 Å². The summed E-state index contributed by atoms with van der Waals surface area (Å²) in [6.07, 6.45) is -8.29. The molecular weight excluding hydrogens is 1120 g/mol. The van der Waals surface area contributed by atoms with Gasteiger partial charge in [-0.2, -0.15) is 26.3 Å². The lowest BCUT2D eigenvalue weighted by atomic mass is 9.96. The van der Waals surface area contributed by atoms with Crippen LogP contribution in [-0.4, -0.2) is 106 Å². The molecule has 1 aliphatic rings. The molecule has 0 bridgehead atoms. The van der Waals surface area contributed by atoms with Gasteiger partial charge in [-0.05, 0) is 134 Å². The van der Waals surface area contributed by atoms with Crippen molar-refractivity contribution in [2.45, 2.75) is 128 Å². The molecule has 2 heterocycles. The summed E-state index contributed by atoms with van der Waals surface area (Å²) in [7, 11) is 0. The zero-order valence-corrected chi connectivity index (χ0v) is 46.0. The maximum Gasteiger partial charge on any atom is 0.416 e. The average Bonchev–Trinajstić information content (AvgIpc) is 4.07. The summed E-state index contributed by atoms with van der Waals surface area (Å²) < 4.78 is 83.0. The van der Waals surface area contributed by atoms with Crippen LogP contribution in [0.1, 0.15) is 84.5 Å². The third-order valence-electron chi connectivity index (χ3n) is 13.6. The first-order valence-corrected chi connectivity index (χ1v) is 26.6. The number of halogens is 7. The van der Waals surface area contributed by atoms with E-state index in [-0.39, 0.29) is 56.4 Å². The van der Waals surface area contributed by atoms with Crippen molar-refractivity contribution >= 4 is 68.2 Å². The molecule has 0 spiro atoms. The highest BCUT2D eigenvalue weighted by molar-refractivity contribution is 9.10. The van der Waals surface area contributed by atoms with Crippen molar-refractivity contribution in [2.75, 3.05) is 13.1 Å². The average molecular weight is 1190 g/mol. The number of para-hydroxylation sites is 1. The van der Waals surface area contributed by atoms with Crippen LogP contribution >= 0.6 is 15.9 Å². The fourth-order valence-corrected chi connectivity index (χ4v) is 9.79. The van der Waals surface area contributed by atoms with Gasteiger partial charge in [0, 0.05) is 47.5 Å². The summed E-state index contributed by atoms with van der Waals surface area (Å²) in [6, 6.07) is 10.5. The Bertz CT molecular complexity index is 3020. The molecule has 0 saturated carbocycles. The van der Waals surface area contributed by atoms with Crippen LogP contribution in [0.5, 0.6) is 5.75 Å². The molecule has 0 unspecified atom stereocenters. The Labute approximate surface area is 466 Å². The van der Waals surface area contributed by atoms with Gasteiger partial charge in [0.15, 0.2) is 0 Å². The van der Waals surface area contributed by atoms with Crippen molar-refractivity contribution in [3.63, 3.8) is 0 Å². The number of alkyl halides is 6. The Morgan fingerprint density at radius 3 is 1.99 bits per heavy atom. The highest BCUT2D eigenvalue weighted by atomic mass is 79.9. The van der Waals surface area contributed by atoms with E-state index < -0.39 is 120 Å².